The van der Waals surface area contributed by atoms with Gasteiger partial charge in [-0.25, -0.2) is 4.79 Å². The van der Waals surface area contributed by atoms with Crippen LogP contribution < -0.4 is 14.8 Å². The van der Waals surface area contributed by atoms with Crippen molar-refractivity contribution < 1.29 is 19.0 Å². The highest BCUT2D eigenvalue weighted by atomic mass is 16.6. The third-order valence-corrected chi connectivity index (χ3v) is 3.13. The van der Waals surface area contributed by atoms with E-state index in [0.717, 1.165) is 23.5 Å². The van der Waals surface area contributed by atoms with Crippen LogP contribution in [0.25, 0.3) is 0 Å². The van der Waals surface area contributed by atoms with Crippen LogP contribution in [0.15, 0.2) is 12.1 Å². The Bertz CT molecular complexity index is 520. The van der Waals surface area contributed by atoms with Crippen molar-refractivity contribution in [2.75, 3.05) is 20.3 Å². The van der Waals surface area contributed by atoms with Crippen molar-refractivity contribution in [3.05, 3.63) is 23.3 Å². The maximum absolute atomic E-state index is 11.6. The van der Waals surface area contributed by atoms with E-state index >= 15 is 0 Å². The Kier molecular flexibility index (Phi) is 4.60. The first-order valence-corrected chi connectivity index (χ1v) is 7.18. The molecule has 116 valence electrons. The third-order valence-electron chi connectivity index (χ3n) is 3.13. The zero-order chi connectivity index (χ0) is 15.5. The van der Waals surface area contributed by atoms with Gasteiger partial charge in [0.15, 0.2) is 0 Å². The first-order valence-electron chi connectivity index (χ1n) is 7.18. The van der Waals surface area contributed by atoms with Crippen molar-refractivity contribution in [3.63, 3.8) is 0 Å². The molecule has 1 aliphatic heterocycles. The predicted molar refractivity (Wildman–Crippen MR) is 80.1 cm³/mol. The van der Waals surface area contributed by atoms with Gasteiger partial charge in [-0.1, -0.05) is 0 Å². The molecule has 0 saturated carbocycles. The molecule has 1 amide bonds. The van der Waals surface area contributed by atoms with Crippen LogP contribution in [0, 0.1) is 0 Å². The van der Waals surface area contributed by atoms with Gasteiger partial charge in [0, 0.05) is 18.5 Å². The van der Waals surface area contributed by atoms with Gasteiger partial charge in [0.05, 0.1) is 13.7 Å². The summed E-state index contributed by atoms with van der Waals surface area (Å²) in [6, 6.07) is 3.97. The number of hydrogen-bond acceptors (Lipinski definition) is 4. The van der Waals surface area contributed by atoms with Crippen LogP contribution in [-0.2, 0) is 17.6 Å². The van der Waals surface area contributed by atoms with Crippen LogP contribution in [0.3, 0.4) is 0 Å². The van der Waals surface area contributed by atoms with Gasteiger partial charge in [-0.3, -0.25) is 0 Å². The van der Waals surface area contributed by atoms with Crippen molar-refractivity contribution in [1.29, 1.82) is 0 Å². The van der Waals surface area contributed by atoms with E-state index in [2.05, 4.69) is 5.32 Å². The smallest absolute Gasteiger partial charge is 0.407 e. The number of ether oxygens (including phenoxy) is 3. The van der Waals surface area contributed by atoms with Crippen molar-refractivity contribution in [2.45, 2.75) is 39.2 Å². The van der Waals surface area contributed by atoms with Crippen molar-refractivity contribution in [2.24, 2.45) is 0 Å². The van der Waals surface area contributed by atoms with E-state index in [9.17, 15) is 4.79 Å². The molecule has 5 heteroatoms. The minimum absolute atomic E-state index is 0.400. The molecule has 0 fully saturated rings. The fourth-order valence-corrected chi connectivity index (χ4v) is 2.27. The lowest BCUT2D eigenvalue weighted by molar-refractivity contribution is 0.0528. The number of methoxy groups -OCH3 is 1. The summed E-state index contributed by atoms with van der Waals surface area (Å²) in [7, 11) is 1.65. The Morgan fingerprint density at radius 1 is 1.38 bits per heavy atom. The molecule has 1 aliphatic rings. The second kappa shape index (κ2) is 6.24. The molecule has 0 spiro atoms. The Balaban J connectivity index is 1.95. The quantitative estimate of drug-likeness (QED) is 0.927. The predicted octanol–water partition coefficient (Wildman–Crippen LogP) is 2.70. The normalized spacial score (nSPS) is 13.3. The van der Waals surface area contributed by atoms with Gasteiger partial charge in [-0.2, -0.15) is 0 Å². The van der Waals surface area contributed by atoms with Gasteiger partial charge in [0.1, 0.15) is 17.1 Å². The van der Waals surface area contributed by atoms with Crippen LogP contribution in [0.2, 0.25) is 0 Å². The Morgan fingerprint density at radius 2 is 2.14 bits per heavy atom. The number of benzene rings is 1. The van der Waals surface area contributed by atoms with Crippen LogP contribution in [-0.4, -0.2) is 32.0 Å². The van der Waals surface area contributed by atoms with Crippen LogP contribution in [0.4, 0.5) is 4.79 Å². The zero-order valence-electron chi connectivity index (χ0n) is 13.1. The summed E-state index contributed by atoms with van der Waals surface area (Å²) in [5.74, 6) is 1.76. The maximum Gasteiger partial charge on any atom is 0.407 e. The molecule has 2 rings (SSSR count). The standard InChI is InChI=1S/C16H23NO4/c1-16(2,3)21-15(18)17-7-5-11-9-13(19-4)10-12-6-8-20-14(11)12/h9-10H,5-8H2,1-4H3,(H,17,18). The van der Waals surface area contributed by atoms with Crippen LogP contribution in [0.1, 0.15) is 31.9 Å². The highest BCUT2D eigenvalue weighted by molar-refractivity contribution is 5.67. The number of fused-ring (bicyclic) bond motifs is 1. The summed E-state index contributed by atoms with van der Waals surface area (Å²) >= 11 is 0. The lowest BCUT2D eigenvalue weighted by Crippen LogP contribution is -2.33. The molecule has 0 aromatic heterocycles. The Labute approximate surface area is 125 Å². The molecule has 0 saturated heterocycles. The Hall–Kier alpha value is -1.91. The molecule has 0 atom stereocenters. The van der Waals surface area contributed by atoms with Gasteiger partial charge in [-0.15, -0.1) is 0 Å². The fourth-order valence-electron chi connectivity index (χ4n) is 2.27. The summed E-state index contributed by atoms with van der Waals surface area (Å²) in [5.41, 5.74) is 1.74. The number of carbonyl (C=O) groups is 1. The van der Waals surface area contributed by atoms with Gasteiger partial charge >= 0.3 is 6.09 Å². The SMILES string of the molecule is COc1cc(CCNC(=O)OC(C)(C)C)c2c(c1)CCO2. The monoisotopic (exact) mass is 293 g/mol. The van der Waals surface area contributed by atoms with E-state index in [4.69, 9.17) is 14.2 Å². The molecule has 1 N–H and O–H groups in total. The van der Waals surface area contributed by atoms with Crippen LogP contribution in [0.5, 0.6) is 11.5 Å². The topological polar surface area (TPSA) is 56.8 Å². The molecule has 0 bridgehead atoms. The lowest BCUT2D eigenvalue weighted by Gasteiger charge is -2.19. The molecular formula is C16H23NO4. The highest BCUT2D eigenvalue weighted by Crippen LogP contribution is 2.33. The van der Waals surface area contributed by atoms with Crippen LogP contribution >= 0.6 is 0 Å². The first-order chi connectivity index (χ1) is 9.89. The molecule has 0 radical (unpaired) electrons. The van der Waals surface area contributed by atoms with Crippen molar-refractivity contribution in [1.82, 2.24) is 5.32 Å². The van der Waals surface area contributed by atoms with E-state index in [-0.39, 0.29) is 0 Å². The Morgan fingerprint density at radius 3 is 2.81 bits per heavy atom. The summed E-state index contributed by atoms with van der Waals surface area (Å²) in [4.78, 5) is 11.6. The summed E-state index contributed by atoms with van der Waals surface area (Å²) in [5, 5.41) is 2.76. The van der Waals surface area contributed by atoms with E-state index < -0.39 is 11.7 Å². The zero-order valence-corrected chi connectivity index (χ0v) is 13.1. The number of carbonyl (C=O) groups excluding carboxylic acids is 1. The van der Waals surface area contributed by atoms with Crippen molar-refractivity contribution >= 4 is 6.09 Å². The van der Waals surface area contributed by atoms with Gasteiger partial charge in [-0.05, 0) is 44.9 Å². The second-order valence-electron chi connectivity index (χ2n) is 6.05. The van der Waals surface area contributed by atoms with E-state index in [1.807, 2.05) is 32.9 Å². The number of rotatable bonds is 4. The maximum atomic E-state index is 11.6. The average molecular weight is 293 g/mol. The number of nitrogens with one attached hydrogen (secondary N) is 1. The molecule has 1 aromatic rings. The molecule has 0 unspecified atom stereocenters. The molecule has 1 heterocycles. The van der Waals surface area contributed by atoms with E-state index in [1.54, 1.807) is 7.11 Å². The number of amides is 1. The molecule has 1 aromatic carbocycles. The summed E-state index contributed by atoms with van der Waals surface area (Å²) in [6.07, 6.45) is 1.18. The first kappa shape index (κ1) is 15.5. The second-order valence-corrected chi connectivity index (χ2v) is 6.05. The molecule has 0 aliphatic carbocycles. The highest BCUT2D eigenvalue weighted by Gasteiger charge is 2.19. The largest absolute Gasteiger partial charge is 0.497 e. The number of hydrogen-bond donors (Lipinski definition) is 1. The van der Waals surface area contributed by atoms with Crippen molar-refractivity contribution in [3.8, 4) is 11.5 Å². The average Bonchev–Trinajstić information content (AvgIpc) is 2.84. The van der Waals surface area contributed by atoms with Gasteiger partial charge < -0.3 is 19.5 Å². The molecular weight excluding hydrogens is 270 g/mol. The third kappa shape index (κ3) is 4.28. The minimum Gasteiger partial charge on any atom is -0.497 e. The fraction of sp³-hybridized carbons (Fsp3) is 0.562. The summed E-state index contributed by atoms with van der Waals surface area (Å²) in [6.45, 7) is 6.73. The number of alkyl carbamates (subject to hydrolysis) is 1. The minimum atomic E-state index is -0.482. The van der Waals surface area contributed by atoms with E-state index in [0.29, 0.717) is 19.6 Å². The van der Waals surface area contributed by atoms with E-state index in [1.165, 1.54) is 5.56 Å². The summed E-state index contributed by atoms with van der Waals surface area (Å²) < 4.78 is 16.2. The lowest BCUT2D eigenvalue weighted by atomic mass is 10.0. The molecule has 5 nitrogen and oxygen atoms in total. The van der Waals surface area contributed by atoms with Gasteiger partial charge in [0.25, 0.3) is 0 Å². The molecule has 21 heavy (non-hydrogen) atoms. The van der Waals surface area contributed by atoms with Gasteiger partial charge in [0.2, 0.25) is 0 Å².